The van der Waals surface area contributed by atoms with Gasteiger partial charge in [0.1, 0.15) is 5.75 Å². The normalized spacial score (nSPS) is 32.4. The van der Waals surface area contributed by atoms with E-state index in [1.807, 2.05) is 78.9 Å². The number of Topliss-reactive ketones (excluding diaryl/α,β-unsaturated/α-hetero) is 1. The van der Waals surface area contributed by atoms with Gasteiger partial charge < -0.3 is 14.6 Å². The molecule has 0 unspecified atom stereocenters. The highest BCUT2D eigenvalue weighted by molar-refractivity contribution is 6.07. The maximum Gasteiger partial charge on any atom is 0.169 e. The fourth-order valence-electron chi connectivity index (χ4n) is 7.20. The molecule has 0 amide bonds. The van der Waals surface area contributed by atoms with Gasteiger partial charge in [0.25, 0.3) is 0 Å². The maximum absolute atomic E-state index is 14.7. The summed E-state index contributed by atoms with van der Waals surface area (Å²) >= 11 is 0. The van der Waals surface area contributed by atoms with Crippen molar-refractivity contribution < 1.29 is 19.4 Å². The van der Waals surface area contributed by atoms with E-state index in [0.717, 1.165) is 47.3 Å². The summed E-state index contributed by atoms with van der Waals surface area (Å²) in [5, 5.41) is 12.0. The Labute approximate surface area is 218 Å². The number of ether oxygens (including phenoxy) is 2. The standard InChI is InChI=1S/C33H34O4/c1-36-27-17-15-24(16-18-27)29-28-14-8-9-20-33(28,35)37-31(25-12-6-3-7-13-25)32(29)21-19-26(30(32)34)22-23-10-4-2-5-11-23/h2-7,10-13,15-18,22,28-29,31,35H,8-9,14,19-21H2,1H3/t28-,29+,31-,32-,33+/m1/s1. The lowest BCUT2D eigenvalue weighted by atomic mass is 9.55. The van der Waals surface area contributed by atoms with Crippen molar-refractivity contribution in [1.29, 1.82) is 0 Å². The summed E-state index contributed by atoms with van der Waals surface area (Å²) < 4.78 is 12.2. The minimum atomic E-state index is -1.26. The molecule has 0 radical (unpaired) electrons. The van der Waals surface area contributed by atoms with Crippen LogP contribution in [0, 0.1) is 11.3 Å². The topological polar surface area (TPSA) is 55.8 Å². The van der Waals surface area contributed by atoms with E-state index in [0.29, 0.717) is 19.3 Å². The smallest absolute Gasteiger partial charge is 0.169 e. The number of fused-ring (bicyclic) bond motifs is 1. The Morgan fingerprint density at radius 2 is 1.59 bits per heavy atom. The van der Waals surface area contributed by atoms with E-state index in [2.05, 4.69) is 12.1 Å². The molecule has 1 N–H and O–H groups in total. The van der Waals surface area contributed by atoms with Crippen molar-refractivity contribution in [3.8, 4) is 5.75 Å². The molecule has 3 aromatic rings. The summed E-state index contributed by atoms with van der Waals surface area (Å²) in [5.74, 6) is -0.656. The highest BCUT2D eigenvalue weighted by atomic mass is 16.6. The van der Waals surface area contributed by atoms with Crippen molar-refractivity contribution in [3.05, 3.63) is 107 Å². The Balaban J connectivity index is 1.55. The second-order valence-electron chi connectivity index (χ2n) is 10.8. The molecule has 0 bridgehead atoms. The molecule has 0 aromatic heterocycles. The Hall–Kier alpha value is -3.21. The van der Waals surface area contributed by atoms with Gasteiger partial charge >= 0.3 is 0 Å². The van der Waals surface area contributed by atoms with Crippen LogP contribution in [-0.2, 0) is 9.53 Å². The van der Waals surface area contributed by atoms with Gasteiger partial charge in [-0.1, -0.05) is 79.2 Å². The van der Waals surface area contributed by atoms with Crippen LogP contribution < -0.4 is 4.74 Å². The lowest BCUT2D eigenvalue weighted by Gasteiger charge is -2.58. The predicted octanol–water partition coefficient (Wildman–Crippen LogP) is 6.86. The first-order valence-electron chi connectivity index (χ1n) is 13.4. The molecule has 1 spiro atoms. The minimum Gasteiger partial charge on any atom is -0.497 e. The lowest BCUT2D eigenvalue weighted by molar-refractivity contribution is -0.330. The van der Waals surface area contributed by atoms with E-state index >= 15 is 0 Å². The van der Waals surface area contributed by atoms with Gasteiger partial charge in [0, 0.05) is 18.3 Å². The third kappa shape index (κ3) is 4.03. The van der Waals surface area contributed by atoms with Crippen LogP contribution in [0.5, 0.6) is 5.75 Å². The molecule has 1 saturated heterocycles. The average Bonchev–Trinajstić information content (AvgIpc) is 3.25. The van der Waals surface area contributed by atoms with Crippen LogP contribution in [0.2, 0.25) is 0 Å². The lowest BCUT2D eigenvalue weighted by Crippen LogP contribution is -2.59. The fourth-order valence-corrected chi connectivity index (χ4v) is 7.20. The van der Waals surface area contributed by atoms with Crippen LogP contribution in [-0.4, -0.2) is 23.8 Å². The fraction of sp³-hybridized carbons (Fsp3) is 0.364. The van der Waals surface area contributed by atoms with E-state index < -0.39 is 17.3 Å². The van der Waals surface area contributed by atoms with Crippen LogP contribution in [0.4, 0.5) is 0 Å². The van der Waals surface area contributed by atoms with Crippen LogP contribution in [0.1, 0.15) is 67.2 Å². The molecule has 190 valence electrons. The Bertz CT molecular complexity index is 1280. The van der Waals surface area contributed by atoms with Crippen molar-refractivity contribution >= 4 is 11.9 Å². The molecule has 4 heteroatoms. The third-order valence-corrected chi connectivity index (χ3v) is 8.87. The van der Waals surface area contributed by atoms with E-state index in [1.165, 1.54) is 0 Å². The highest BCUT2D eigenvalue weighted by Crippen LogP contribution is 2.67. The van der Waals surface area contributed by atoms with E-state index in [9.17, 15) is 9.90 Å². The number of ketones is 1. The second kappa shape index (κ2) is 9.59. The third-order valence-electron chi connectivity index (χ3n) is 8.87. The zero-order chi connectivity index (χ0) is 25.5. The van der Waals surface area contributed by atoms with Crippen molar-refractivity contribution in [3.63, 3.8) is 0 Å². The molecule has 6 rings (SSSR count). The molecule has 1 heterocycles. The number of methoxy groups -OCH3 is 1. The SMILES string of the molecule is COc1ccc([C@H]2[C@H]3CCCC[C@]3(O)O[C@H](c3ccccc3)[C@]23CCC(=Cc2ccccc2)C3=O)cc1. The van der Waals surface area contributed by atoms with Gasteiger partial charge in [-0.05, 0) is 66.2 Å². The van der Waals surface area contributed by atoms with Gasteiger partial charge in [0.2, 0.25) is 0 Å². The molecule has 5 atom stereocenters. The van der Waals surface area contributed by atoms with Gasteiger partial charge in [-0.25, -0.2) is 0 Å². The minimum absolute atomic E-state index is 0.152. The first-order valence-corrected chi connectivity index (χ1v) is 13.4. The molecule has 3 aliphatic rings. The molecule has 4 nitrogen and oxygen atoms in total. The monoisotopic (exact) mass is 494 g/mol. The molecule has 2 saturated carbocycles. The van der Waals surface area contributed by atoms with Crippen molar-refractivity contribution in [1.82, 2.24) is 0 Å². The molecular weight excluding hydrogens is 460 g/mol. The molecule has 2 aliphatic carbocycles. The first-order chi connectivity index (χ1) is 18.0. The van der Waals surface area contributed by atoms with Crippen molar-refractivity contribution in [2.75, 3.05) is 7.11 Å². The molecular formula is C33H34O4. The Morgan fingerprint density at radius 1 is 0.892 bits per heavy atom. The number of carbonyl (C=O) groups is 1. The van der Waals surface area contributed by atoms with Gasteiger partial charge in [-0.15, -0.1) is 0 Å². The predicted molar refractivity (Wildman–Crippen MR) is 144 cm³/mol. The zero-order valence-electron chi connectivity index (χ0n) is 21.3. The zero-order valence-corrected chi connectivity index (χ0v) is 21.3. The number of hydrogen-bond acceptors (Lipinski definition) is 4. The Kier molecular flexibility index (Phi) is 6.26. The van der Waals surface area contributed by atoms with Crippen molar-refractivity contribution in [2.45, 2.75) is 56.3 Å². The summed E-state index contributed by atoms with van der Waals surface area (Å²) in [6.45, 7) is 0. The largest absolute Gasteiger partial charge is 0.497 e. The van der Waals surface area contributed by atoms with E-state index in [-0.39, 0.29) is 17.6 Å². The van der Waals surface area contributed by atoms with Gasteiger partial charge in [0.15, 0.2) is 11.6 Å². The molecule has 3 aromatic carbocycles. The number of rotatable bonds is 4. The number of aliphatic hydroxyl groups is 1. The summed E-state index contributed by atoms with van der Waals surface area (Å²) in [6.07, 6.45) is 6.26. The Morgan fingerprint density at radius 3 is 2.30 bits per heavy atom. The molecule has 37 heavy (non-hydrogen) atoms. The maximum atomic E-state index is 14.7. The number of benzene rings is 3. The van der Waals surface area contributed by atoms with Crippen LogP contribution in [0.15, 0.2) is 90.5 Å². The van der Waals surface area contributed by atoms with Crippen molar-refractivity contribution in [2.24, 2.45) is 11.3 Å². The molecule has 3 fully saturated rings. The summed E-state index contributed by atoms with van der Waals surface area (Å²) in [6, 6.07) is 28.2. The van der Waals surface area contributed by atoms with Crippen LogP contribution >= 0.6 is 0 Å². The van der Waals surface area contributed by atoms with Gasteiger partial charge in [-0.2, -0.15) is 0 Å². The summed E-state index contributed by atoms with van der Waals surface area (Å²) in [4.78, 5) is 14.7. The van der Waals surface area contributed by atoms with Gasteiger partial charge in [0.05, 0.1) is 18.6 Å². The van der Waals surface area contributed by atoms with E-state index in [1.54, 1.807) is 7.11 Å². The van der Waals surface area contributed by atoms with Crippen LogP contribution in [0.3, 0.4) is 0 Å². The second-order valence-corrected chi connectivity index (χ2v) is 10.8. The van der Waals surface area contributed by atoms with Crippen LogP contribution in [0.25, 0.3) is 6.08 Å². The number of allylic oxidation sites excluding steroid dienone is 1. The summed E-state index contributed by atoms with van der Waals surface area (Å²) in [7, 11) is 1.66. The highest BCUT2D eigenvalue weighted by Gasteiger charge is 2.66. The number of hydrogen-bond donors (Lipinski definition) is 1. The number of carbonyl (C=O) groups excluding carboxylic acids is 1. The van der Waals surface area contributed by atoms with Gasteiger partial charge in [-0.3, -0.25) is 4.79 Å². The molecule has 1 aliphatic heterocycles. The summed E-state index contributed by atoms with van der Waals surface area (Å²) in [5.41, 5.74) is 3.10. The average molecular weight is 495 g/mol. The first kappa shape index (κ1) is 24.1. The van der Waals surface area contributed by atoms with E-state index in [4.69, 9.17) is 9.47 Å². The quantitative estimate of drug-likeness (QED) is 0.403.